The van der Waals surface area contributed by atoms with E-state index in [0.29, 0.717) is 0 Å². The van der Waals surface area contributed by atoms with Crippen molar-refractivity contribution in [1.82, 2.24) is 4.98 Å². The maximum atomic E-state index is 4.55. The molecule has 0 spiro atoms. The fourth-order valence-corrected chi connectivity index (χ4v) is 2.59. The van der Waals surface area contributed by atoms with E-state index in [9.17, 15) is 0 Å². The lowest BCUT2D eigenvalue weighted by atomic mass is 10.1. The van der Waals surface area contributed by atoms with E-state index in [1.54, 1.807) is 11.3 Å². The summed E-state index contributed by atoms with van der Waals surface area (Å²) in [5, 5.41) is 4.42. The zero-order valence-corrected chi connectivity index (χ0v) is 10.7. The Balaban J connectivity index is 2.31. The lowest BCUT2D eigenvalue weighted by Gasteiger charge is -2.04. The largest absolute Gasteiger partial charge is 0.385 e. The van der Waals surface area contributed by atoms with Gasteiger partial charge in [0.1, 0.15) is 0 Å². The first-order valence-electron chi connectivity index (χ1n) is 5.49. The maximum Gasteiger partial charge on any atom is 0.0904 e. The topological polar surface area (TPSA) is 24.9 Å². The maximum absolute atomic E-state index is 4.55. The van der Waals surface area contributed by atoms with Gasteiger partial charge in [-0.05, 0) is 32.9 Å². The Bertz CT molecular complexity index is 471. The summed E-state index contributed by atoms with van der Waals surface area (Å²) in [6, 6.07) is 8.46. The molecule has 0 aliphatic heterocycles. The van der Waals surface area contributed by atoms with Crippen LogP contribution in [0.2, 0.25) is 0 Å². The van der Waals surface area contributed by atoms with Crippen molar-refractivity contribution in [3.8, 4) is 11.3 Å². The average molecular weight is 232 g/mol. The first-order chi connectivity index (χ1) is 7.70. The molecule has 0 fully saturated rings. The van der Waals surface area contributed by atoms with E-state index in [-0.39, 0.29) is 0 Å². The van der Waals surface area contributed by atoms with Gasteiger partial charge in [0.25, 0.3) is 0 Å². The summed E-state index contributed by atoms with van der Waals surface area (Å²) in [7, 11) is 0. The van der Waals surface area contributed by atoms with Crippen LogP contribution in [0, 0.1) is 13.8 Å². The minimum absolute atomic E-state index is 0.953. The van der Waals surface area contributed by atoms with Crippen LogP contribution in [0.3, 0.4) is 0 Å². The highest BCUT2D eigenvalue weighted by atomic mass is 32.1. The summed E-state index contributed by atoms with van der Waals surface area (Å²) in [6.45, 7) is 7.22. The van der Waals surface area contributed by atoms with Gasteiger partial charge in [0.05, 0.1) is 10.7 Å². The molecule has 0 bridgehead atoms. The van der Waals surface area contributed by atoms with Crippen LogP contribution in [0.1, 0.15) is 16.8 Å². The van der Waals surface area contributed by atoms with E-state index in [0.717, 1.165) is 22.9 Å². The van der Waals surface area contributed by atoms with Crippen LogP contribution >= 0.6 is 11.3 Å². The van der Waals surface area contributed by atoms with Crippen LogP contribution in [0.4, 0.5) is 5.69 Å². The Hall–Kier alpha value is -1.35. The van der Waals surface area contributed by atoms with Gasteiger partial charge in [-0.15, -0.1) is 11.3 Å². The van der Waals surface area contributed by atoms with Gasteiger partial charge >= 0.3 is 0 Å². The molecule has 2 aromatic rings. The molecule has 0 atom stereocenters. The zero-order valence-electron chi connectivity index (χ0n) is 9.87. The number of anilines is 1. The Morgan fingerprint density at radius 3 is 2.38 bits per heavy atom. The minimum atomic E-state index is 0.953. The third kappa shape index (κ3) is 2.25. The van der Waals surface area contributed by atoms with Gasteiger partial charge in [-0.3, -0.25) is 0 Å². The molecule has 1 N–H and O–H groups in total. The fourth-order valence-electron chi connectivity index (χ4n) is 1.75. The van der Waals surface area contributed by atoms with Gasteiger partial charge in [0.15, 0.2) is 0 Å². The molecule has 84 valence electrons. The molecule has 0 aliphatic carbocycles. The van der Waals surface area contributed by atoms with Crippen LogP contribution < -0.4 is 5.32 Å². The summed E-state index contributed by atoms with van der Waals surface area (Å²) in [4.78, 5) is 5.84. The summed E-state index contributed by atoms with van der Waals surface area (Å²) < 4.78 is 0. The molecule has 0 radical (unpaired) electrons. The first kappa shape index (κ1) is 11.1. The van der Waals surface area contributed by atoms with E-state index in [2.05, 4.69) is 48.4 Å². The lowest BCUT2D eigenvalue weighted by molar-refractivity contribution is 1.21. The number of nitrogens with zero attached hydrogens (tertiary/aromatic N) is 1. The molecule has 0 saturated heterocycles. The number of aromatic nitrogens is 1. The number of hydrogen-bond donors (Lipinski definition) is 1. The Labute approximate surface area is 100 Å². The van der Waals surface area contributed by atoms with E-state index >= 15 is 0 Å². The molecular weight excluding hydrogens is 216 g/mol. The molecular formula is C13H16N2S. The quantitative estimate of drug-likeness (QED) is 0.869. The molecule has 3 heteroatoms. The highest BCUT2D eigenvalue weighted by Gasteiger charge is 2.06. The van der Waals surface area contributed by atoms with Crippen LogP contribution in [0.25, 0.3) is 11.3 Å². The van der Waals surface area contributed by atoms with Crippen molar-refractivity contribution in [2.24, 2.45) is 0 Å². The Morgan fingerprint density at radius 2 is 1.88 bits per heavy atom. The number of nitrogens with one attached hydrogen (secondary N) is 1. The van der Waals surface area contributed by atoms with Crippen molar-refractivity contribution < 1.29 is 0 Å². The van der Waals surface area contributed by atoms with Crippen molar-refractivity contribution >= 4 is 17.0 Å². The number of rotatable bonds is 3. The van der Waals surface area contributed by atoms with Crippen molar-refractivity contribution in [3.63, 3.8) is 0 Å². The second kappa shape index (κ2) is 4.66. The van der Waals surface area contributed by atoms with E-state index in [1.807, 2.05) is 6.92 Å². The molecule has 2 rings (SSSR count). The molecule has 16 heavy (non-hydrogen) atoms. The second-order valence-electron chi connectivity index (χ2n) is 3.75. The fraction of sp³-hybridized carbons (Fsp3) is 0.308. The molecule has 1 aromatic heterocycles. The smallest absolute Gasteiger partial charge is 0.0904 e. The predicted molar refractivity (Wildman–Crippen MR) is 71.2 cm³/mol. The average Bonchev–Trinajstić information content (AvgIpc) is 2.59. The van der Waals surface area contributed by atoms with Crippen molar-refractivity contribution in [2.45, 2.75) is 20.8 Å². The highest BCUT2D eigenvalue weighted by molar-refractivity contribution is 7.11. The summed E-state index contributed by atoms with van der Waals surface area (Å²) in [5.41, 5.74) is 3.48. The van der Waals surface area contributed by atoms with E-state index < -0.39 is 0 Å². The second-order valence-corrected chi connectivity index (χ2v) is 5.15. The summed E-state index contributed by atoms with van der Waals surface area (Å²) in [5.74, 6) is 0. The monoisotopic (exact) mass is 232 g/mol. The molecule has 1 aromatic carbocycles. The Morgan fingerprint density at radius 1 is 1.19 bits per heavy atom. The predicted octanol–water partition coefficient (Wildman–Crippen LogP) is 3.86. The molecule has 0 amide bonds. The summed E-state index contributed by atoms with van der Waals surface area (Å²) in [6.07, 6.45) is 0. The third-order valence-electron chi connectivity index (χ3n) is 2.44. The van der Waals surface area contributed by atoms with Crippen molar-refractivity contribution in [2.75, 3.05) is 11.9 Å². The van der Waals surface area contributed by atoms with Gasteiger partial charge in [-0.1, -0.05) is 12.1 Å². The van der Waals surface area contributed by atoms with Gasteiger partial charge in [0, 0.05) is 22.7 Å². The molecule has 0 aliphatic rings. The number of aryl methyl sites for hydroxylation is 2. The van der Waals surface area contributed by atoms with Crippen molar-refractivity contribution in [1.29, 1.82) is 0 Å². The Kier molecular flexibility index (Phi) is 3.25. The van der Waals surface area contributed by atoms with Crippen LogP contribution in [0.5, 0.6) is 0 Å². The van der Waals surface area contributed by atoms with Gasteiger partial charge < -0.3 is 5.32 Å². The first-order valence-corrected chi connectivity index (χ1v) is 6.30. The normalized spacial score (nSPS) is 10.4. The SMILES string of the molecule is CCNc1ccc(-c2nc(C)sc2C)cc1. The minimum Gasteiger partial charge on any atom is -0.385 e. The number of benzene rings is 1. The molecule has 0 unspecified atom stereocenters. The van der Waals surface area contributed by atoms with Gasteiger partial charge in [-0.25, -0.2) is 4.98 Å². The number of hydrogen-bond acceptors (Lipinski definition) is 3. The van der Waals surface area contributed by atoms with E-state index in [1.165, 1.54) is 10.4 Å². The lowest BCUT2D eigenvalue weighted by Crippen LogP contribution is -1.95. The standard InChI is InChI=1S/C13H16N2S/c1-4-14-12-7-5-11(6-8-12)13-9(2)16-10(3)15-13/h5-8,14H,4H2,1-3H3. The molecule has 0 saturated carbocycles. The summed E-state index contributed by atoms with van der Waals surface area (Å²) >= 11 is 1.75. The van der Waals surface area contributed by atoms with Gasteiger partial charge in [-0.2, -0.15) is 0 Å². The van der Waals surface area contributed by atoms with E-state index in [4.69, 9.17) is 0 Å². The van der Waals surface area contributed by atoms with Crippen molar-refractivity contribution in [3.05, 3.63) is 34.2 Å². The molecule has 1 heterocycles. The molecule has 2 nitrogen and oxygen atoms in total. The zero-order chi connectivity index (χ0) is 11.5. The van der Waals surface area contributed by atoms with Crippen LogP contribution in [-0.2, 0) is 0 Å². The highest BCUT2D eigenvalue weighted by Crippen LogP contribution is 2.27. The van der Waals surface area contributed by atoms with Gasteiger partial charge in [0.2, 0.25) is 0 Å². The van der Waals surface area contributed by atoms with Crippen LogP contribution in [0.15, 0.2) is 24.3 Å². The number of thiazole rings is 1. The van der Waals surface area contributed by atoms with Crippen LogP contribution in [-0.4, -0.2) is 11.5 Å². The third-order valence-corrected chi connectivity index (χ3v) is 3.33.